The average Bonchev–Trinajstić information content (AvgIpc) is 2.73. The molecule has 1 aromatic heterocycles. The van der Waals surface area contributed by atoms with Crippen molar-refractivity contribution in [2.75, 3.05) is 19.5 Å². The molecule has 0 saturated carbocycles. The van der Waals surface area contributed by atoms with E-state index in [1.54, 1.807) is 25.3 Å². The van der Waals surface area contributed by atoms with Crippen molar-refractivity contribution in [2.24, 2.45) is 0 Å². The first-order valence-electron chi connectivity index (χ1n) is 8.53. The van der Waals surface area contributed by atoms with E-state index in [1.165, 1.54) is 19.4 Å². The lowest BCUT2D eigenvalue weighted by atomic mass is 10.2. The molecule has 0 aliphatic carbocycles. The number of benzene rings is 2. The average molecular weight is 380 g/mol. The SMILES string of the molecule is COc1ccc(NC(=O)c2cc(=O)c(OCc3ccccc3)c[nH]2)c(OC)c1. The topological polar surface area (TPSA) is 89.6 Å². The summed E-state index contributed by atoms with van der Waals surface area (Å²) in [6.45, 7) is 0.262. The first kappa shape index (κ1) is 19.0. The summed E-state index contributed by atoms with van der Waals surface area (Å²) in [5.41, 5.74) is 1.12. The van der Waals surface area contributed by atoms with Crippen LogP contribution in [0.1, 0.15) is 16.1 Å². The van der Waals surface area contributed by atoms with E-state index in [4.69, 9.17) is 14.2 Å². The summed E-state index contributed by atoms with van der Waals surface area (Å²) >= 11 is 0. The number of ether oxygens (including phenoxy) is 3. The molecule has 3 aromatic rings. The van der Waals surface area contributed by atoms with Gasteiger partial charge in [-0.1, -0.05) is 30.3 Å². The Bertz CT molecular complexity index is 1010. The van der Waals surface area contributed by atoms with Crippen molar-refractivity contribution < 1.29 is 19.0 Å². The van der Waals surface area contributed by atoms with E-state index in [9.17, 15) is 9.59 Å². The predicted molar refractivity (Wildman–Crippen MR) is 105 cm³/mol. The van der Waals surface area contributed by atoms with Gasteiger partial charge in [-0.25, -0.2) is 0 Å². The quantitative estimate of drug-likeness (QED) is 0.657. The Kier molecular flexibility index (Phi) is 5.96. The third kappa shape index (κ3) is 4.50. The van der Waals surface area contributed by atoms with Crippen LogP contribution in [0, 0.1) is 0 Å². The highest BCUT2D eigenvalue weighted by Crippen LogP contribution is 2.29. The molecule has 2 N–H and O–H groups in total. The second-order valence-corrected chi connectivity index (χ2v) is 5.87. The van der Waals surface area contributed by atoms with Crippen molar-refractivity contribution in [1.82, 2.24) is 4.98 Å². The molecule has 3 rings (SSSR count). The van der Waals surface area contributed by atoms with Gasteiger partial charge in [-0.3, -0.25) is 9.59 Å². The molecule has 7 heteroatoms. The van der Waals surface area contributed by atoms with Gasteiger partial charge >= 0.3 is 0 Å². The van der Waals surface area contributed by atoms with Crippen LogP contribution >= 0.6 is 0 Å². The number of pyridine rings is 1. The Morgan fingerprint density at radius 1 is 1.00 bits per heavy atom. The molecule has 0 aliphatic rings. The van der Waals surface area contributed by atoms with E-state index in [0.29, 0.717) is 17.2 Å². The molecular formula is C21H20N2O5. The van der Waals surface area contributed by atoms with E-state index >= 15 is 0 Å². The molecule has 1 heterocycles. The third-order valence-electron chi connectivity index (χ3n) is 4.02. The number of aromatic amines is 1. The molecule has 0 radical (unpaired) electrons. The summed E-state index contributed by atoms with van der Waals surface area (Å²) in [7, 11) is 3.03. The summed E-state index contributed by atoms with van der Waals surface area (Å²) in [5.74, 6) is 0.707. The number of anilines is 1. The first-order valence-corrected chi connectivity index (χ1v) is 8.53. The van der Waals surface area contributed by atoms with Crippen LogP contribution in [0.4, 0.5) is 5.69 Å². The summed E-state index contributed by atoms with van der Waals surface area (Å²) in [6, 6.07) is 15.7. The summed E-state index contributed by atoms with van der Waals surface area (Å²) in [5, 5.41) is 2.70. The minimum Gasteiger partial charge on any atom is -0.497 e. The van der Waals surface area contributed by atoms with Crippen LogP contribution in [0.5, 0.6) is 17.2 Å². The fourth-order valence-corrected chi connectivity index (χ4v) is 2.53. The maximum Gasteiger partial charge on any atom is 0.272 e. The van der Waals surface area contributed by atoms with E-state index in [-0.39, 0.29) is 23.5 Å². The maximum atomic E-state index is 12.5. The van der Waals surface area contributed by atoms with Crippen LogP contribution in [0.15, 0.2) is 65.6 Å². The molecule has 0 bridgehead atoms. The number of carbonyl (C=O) groups is 1. The minimum absolute atomic E-state index is 0.106. The molecule has 7 nitrogen and oxygen atoms in total. The van der Waals surface area contributed by atoms with Crippen molar-refractivity contribution in [3.8, 4) is 17.2 Å². The fraction of sp³-hybridized carbons (Fsp3) is 0.143. The number of methoxy groups -OCH3 is 2. The van der Waals surface area contributed by atoms with Gasteiger partial charge in [-0.15, -0.1) is 0 Å². The molecule has 0 fully saturated rings. The van der Waals surface area contributed by atoms with Gasteiger partial charge in [-0.05, 0) is 17.7 Å². The molecule has 2 aromatic carbocycles. The van der Waals surface area contributed by atoms with E-state index in [0.717, 1.165) is 5.56 Å². The second kappa shape index (κ2) is 8.77. The zero-order valence-corrected chi connectivity index (χ0v) is 15.5. The van der Waals surface area contributed by atoms with Crippen LogP contribution in [0.2, 0.25) is 0 Å². The lowest BCUT2D eigenvalue weighted by Gasteiger charge is -2.12. The Hall–Kier alpha value is -3.74. The molecule has 0 unspecified atom stereocenters. The van der Waals surface area contributed by atoms with Gasteiger partial charge < -0.3 is 24.5 Å². The van der Waals surface area contributed by atoms with Gasteiger partial charge in [0.1, 0.15) is 23.8 Å². The van der Waals surface area contributed by atoms with Gasteiger partial charge in [0.15, 0.2) is 5.75 Å². The van der Waals surface area contributed by atoms with Gasteiger partial charge in [0.25, 0.3) is 5.91 Å². The Morgan fingerprint density at radius 3 is 2.46 bits per heavy atom. The summed E-state index contributed by atoms with van der Waals surface area (Å²) in [6.07, 6.45) is 1.38. The third-order valence-corrected chi connectivity index (χ3v) is 4.02. The number of aromatic nitrogens is 1. The molecule has 144 valence electrons. The predicted octanol–water partition coefficient (Wildman–Crippen LogP) is 3.22. The second-order valence-electron chi connectivity index (χ2n) is 5.87. The number of amides is 1. The highest BCUT2D eigenvalue weighted by atomic mass is 16.5. The molecule has 0 atom stereocenters. The number of rotatable bonds is 7. The van der Waals surface area contributed by atoms with Gasteiger partial charge in [0.2, 0.25) is 5.43 Å². The molecule has 0 spiro atoms. The zero-order chi connectivity index (χ0) is 19.9. The first-order chi connectivity index (χ1) is 13.6. The summed E-state index contributed by atoms with van der Waals surface area (Å²) in [4.78, 5) is 27.5. The summed E-state index contributed by atoms with van der Waals surface area (Å²) < 4.78 is 15.9. The fourth-order valence-electron chi connectivity index (χ4n) is 2.53. The van der Waals surface area contributed by atoms with Crippen LogP contribution in [0.25, 0.3) is 0 Å². The zero-order valence-electron chi connectivity index (χ0n) is 15.5. The van der Waals surface area contributed by atoms with Crippen LogP contribution in [0.3, 0.4) is 0 Å². The smallest absolute Gasteiger partial charge is 0.272 e. The van der Waals surface area contributed by atoms with Gasteiger partial charge in [0.05, 0.1) is 19.9 Å². The van der Waals surface area contributed by atoms with Gasteiger partial charge in [-0.2, -0.15) is 0 Å². The highest BCUT2D eigenvalue weighted by molar-refractivity contribution is 6.03. The van der Waals surface area contributed by atoms with E-state index in [1.807, 2.05) is 30.3 Å². The van der Waals surface area contributed by atoms with Crippen molar-refractivity contribution in [3.63, 3.8) is 0 Å². The van der Waals surface area contributed by atoms with Crippen LogP contribution < -0.4 is 25.0 Å². The monoisotopic (exact) mass is 380 g/mol. The number of hydrogen-bond donors (Lipinski definition) is 2. The van der Waals surface area contributed by atoms with Crippen molar-refractivity contribution >= 4 is 11.6 Å². The Morgan fingerprint density at radius 2 is 1.79 bits per heavy atom. The van der Waals surface area contributed by atoms with Crippen molar-refractivity contribution in [2.45, 2.75) is 6.61 Å². The molecule has 1 amide bonds. The minimum atomic E-state index is -0.477. The van der Waals surface area contributed by atoms with Crippen molar-refractivity contribution in [1.29, 1.82) is 0 Å². The lowest BCUT2D eigenvalue weighted by Crippen LogP contribution is -2.18. The molecule has 28 heavy (non-hydrogen) atoms. The van der Waals surface area contributed by atoms with Gasteiger partial charge in [0, 0.05) is 18.3 Å². The number of H-pyrrole nitrogens is 1. The number of hydrogen-bond acceptors (Lipinski definition) is 5. The lowest BCUT2D eigenvalue weighted by molar-refractivity contribution is 0.102. The number of carbonyl (C=O) groups excluding carboxylic acids is 1. The maximum absolute atomic E-state index is 12.5. The number of nitrogens with one attached hydrogen (secondary N) is 2. The molecule has 0 aliphatic heterocycles. The highest BCUT2D eigenvalue weighted by Gasteiger charge is 2.13. The van der Waals surface area contributed by atoms with E-state index < -0.39 is 5.91 Å². The van der Waals surface area contributed by atoms with Crippen LogP contribution in [-0.2, 0) is 6.61 Å². The normalized spacial score (nSPS) is 10.2. The van der Waals surface area contributed by atoms with Crippen LogP contribution in [-0.4, -0.2) is 25.1 Å². The molecule has 0 saturated heterocycles. The largest absolute Gasteiger partial charge is 0.497 e. The standard InChI is InChI=1S/C21H20N2O5/c1-26-15-8-9-16(19(10-15)27-2)23-21(25)17-11-18(24)20(12-22-17)28-13-14-6-4-3-5-7-14/h3-12H,13H2,1-2H3,(H,22,24)(H,23,25). The van der Waals surface area contributed by atoms with E-state index in [2.05, 4.69) is 10.3 Å². The molecular weight excluding hydrogens is 360 g/mol. The Labute approximate surface area is 161 Å². The van der Waals surface area contributed by atoms with Crippen molar-refractivity contribution in [3.05, 3.63) is 82.3 Å². The Balaban J connectivity index is 1.71.